The number of carbonyl (C=O) groups is 2. The van der Waals surface area contributed by atoms with E-state index in [0.29, 0.717) is 23.9 Å². The Morgan fingerprint density at radius 3 is 1.43 bits per heavy atom. The van der Waals surface area contributed by atoms with Gasteiger partial charge in [0.05, 0.1) is 33.8 Å². The van der Waals surface area contributed by atoms with E-state index in [2.05, 4.69) is 56.5 Å². The normalized spacial score (nSPS) is 14.3. The van der Waals surface area contributed by atoms with Crippen LogP contribution in [0.4, 0.5) is 0 Å². The summed E-state index contributed by atoms with van der Waals surface area (Å²) in [6.07, 6.45) is 53.8. The minimum Gasteiger partial charge on any atom is -0.756 e. The number of quaternary nitrogens is 1. The number of amides is 1. The zero-order chi connectivity index (χ0) is 48.0. The average molecular weight is 935 g/mol. The van der Waals surface area contributed by atoms with Crippen LogP contribution in [-0.4, -0.2) is 69.4 Å². The summed E-state index contributed by atoms with van der Waals surface area (Å²) >= 11 is 0. The van der Waals surface area contributed by atoms with E-state index >= 15 is 0 Å². The van der Waals surface area contributed by atoms with E-state index in [0.717, 1.165) is 57.8 Å². The second-order valence-electron chi connectivity index (χ2n) is 19.4. The summed E-state index contributed by atoms with van der Waals surface area (Å²) in [7, 11) is 1.15. The molecular weight excluding hydrogens is 832 g/mol. The molecule has 0 spiro atoms. The first-order valence-corrected chi connectivity index (χ1v) is 28.4. The van der Waals surface area contributed by atoms with Crippen LogP contribution in [-0.2, 0) is 27.9 Å². The summed E-state index contributed by atoms with van der Waals surface area (Å²) in [5.41, 5.74) is 0. The van der Waals surface area contributed by atoms with Crippen molar-refractivity contribution in [2.24, 2.45) is 0 Å². The molecule has 0 aliphatic heterocycles. The molecule has 0 aromatic heterocycles. The SMILES string of the molecule is CCCCCCCC/C=C\C/C=C/CCC(=O)NC(COP(=O)([O-])OCC[N+](C)(C)C)C(/C=C/CCCCCCCCCCCC)OC(=O)CCCCC/C=C\CCCCCCCCC. The molecule has 0 rings (SSSR count). The van der Waals surface area contributed by atoms with Crippen molar-refractivity contribution in [2.45, 2.75) is 251 Å². The zero-order valence-electron chi connectivity index (χ0n) is 43.2. The topological polar surface area (TPSA) is 114 Å². The molecule has 0 saturated carbocycles. The van der Waals surface area contributed by atoms with Gasteiger partial charge < -0.3 is 28.5 Å². The number of esters is 1. The molecule has 0 radical (unpaired) electrons. The van der Waals surface area contributed by atoms with Crippen molar-refractivity contribution in [3.05, 3.63) is 48.6 Å². The summed E-state index contributed by atoms with van der Waals surface area (Å²) in [6.45, 7) is 6.76. The largest absolute Gasteiger partial charge is 0.756 e. The molecule has 0 aliphatic carbocycles. The number of phosphoric acid groups is 1. The second kappa shape index (κ2) is 45.7. The van der Waals surface area contributed by atoms with Crippen LogP contribution in [0.15, 0.2) is 48.6 Å². The highest BCUT2D eigenvalue weighted by Crippen LogP contribution is 2.38. The lowest BCUT2D eigenvalue weighted by molar-refractivity contribution is -0.870. The number of nitrogens with zero attached hydrogens (tertiary/aromatic N) is 1. The van der Waals surface area contributed by atoms with Gasteiger partial charge >= 0.3 is 5.97 Å². The first-order valence-electron chi connectivity index (χ1n) is 26.9. The number of carbonyl (C=O) groups excluding carboxylic acids is 2. The maximum Gasteiger partial charge on any atom is 0.306 e. The molecular formula is C55H103N2O7P. The highest BCUT2D eigenvalue weighted by molar-refractivity contribution is 7.45. The number of rotatable bonds is 48. The number of nitrogens with one attached hydrogen (secondary N) is 1. The number of allylic oxidation sites excluding steroid dienone is 7. The van der Waals surface area contributed by atoms with Crippen molar-refractivity contribution in [3.63, 3.8) is 0 Å². The van der Waals surface area contributed by atoms with Gasteiger partial charge in [0, 0.05) is 12.8 Å². The molecule has 380 valence electrons. The van der Waals surface area contributed by atoms with Crippen LogP contribution in [0.1, 0.15) is 239 Å². The Morgan fingerprint density at radius 2 is 0.954 bits per heavy atom. The van der Waals surface area contributed by atoms with Crippen molar-refractivity contribution in [1.82, 2.24) is 5.32 Å². The van der Waals surface area contributed by atoms with E-state index in [1.54, 1.807) is 6.08 Å². The fraction of sp³-hybridized carbons (Fsp3) is 0.818. The Balaban J connectivity index is 5.51. The molecule has 0 aromatic carbocycles. The third-order valence-electron chi connectivity index (χ3n) is 11.7. The van der Waals surface area contributed by atoms with Gasteiger partial charge in [-0.25, -0.2) is 0 Å². The van der Waals surface area contributed by atoms with Gasteiger partial charge in [0.2, 0.25) is 5.91 Å². The van der Waals surface area contributed by atoms with Crippen LogP contribution in [0.2, 0.25) is 0 Å². The number of phosphoric ester groups is 1. The van der Waals surface area contributed by atoms with Crippen LogP contribution in [0.5, 0.6) is 0 Å². The lowest BCUT2D eigenvalue weighted by Crippen LogP contribution is -2.47. The maximum absolute atomic E-state index is 13.4. The third kappa shape index (κ3) is 46.9. The minimum atomic E-state index is -4.70. The fourth-order valence-corrected chi connectivity index (χ4v) is 8.23. The highest BCUT2D eigenvalue weighted by atomic mass is 31.2. The summed E-state index contributed by atoms with van der Waals surface area (Å²) in [4.78, 5) is 39.6. The zero-order valence-corrected chi connectivity index (χ0v) is 44.1. The van der Waals surface area contributed by atoms with E-state index in [1.165, 1.54) is 135 Å². The van der Waals surface area contributed by atoms with Crippen LogP contribution < -0.4 is 10.2 Å². The summed E-state index contributed by atoms with van der Waals surface area (Å²) in [5, 5.41) is 2.97. The van der Waals surface area contributed by atoms with Gasteiger partial charge in [0.15, 0.2) is 0 Å². The number of unbranched alkanes of at least 4 members (excludes halogenated alkanes) is 26. The fourth-order valence-electron chi connectivity index (χ4n) is 7.51. The van der Waals surface area contributed by atoms with Gasteiger partial charge in [-0.15, -0.1) is 0 Å². The number of likely N-dealkylation sites (N-methyl/N-ethyl adjacent to an activating group) is 1. The molecule has 0 fully saturated rings. The van der Waals surface area contributed by atoms with E-state index in [9.17, 15) is 19.0 Å². The minimum absolute atomic E-state index is 0.0337. The molecule has 1 amide bonds. The molecule has 0 aromatic rings. The van der Waals surface area contributed by atoms with Gasteiger partial charge in [-0.3, -0.25) is 14.2 Å². The van der Waals surface area contributed by atoms with Crippen LogP contribution in [0.25, 0.3) is 0 Å². The first-order chi connectivity index (χ1) is 31.4. The molecule has 9 nitrogen and oxygen atoms in total. The average Bonchev–Trinajstić information content (AvgIpc) is 3.26. The molecule has 0 saturated heterocycles. The van der Waals surface area contributed by atoms with Crippen LogP contribution in [0, 0.1) is 0 Å². The van der Waals surface area contributed by atoms with E-state index in [4.69, 9.17) is 13.8 Å². The van der Waals surface area contributed by atoms with Gasteiger partial charge in [-0.05, 0) is 76.7 Å². The molecule has 0 heterocycles. The van der Waals surface area contributed by atoms with Gasteiger partial charge in [0.25, 0.3) is 7.82 Å². The summed E-state index contributed by atoms with van der Waals surface area (Å²) in [6, 6.07) is -0.921. The van der Waals surface area contributed by atoms with Crippen molar-refractivity contribution >= 4 is 19.7 Å². The third-order valence-corrected chi connectivity index (χ3v) is 12.7. The Labute approximate surface area is 401 Å². The smallest absolute Gasteiger partial charge is 0.306 e. The predicted octanol–water partition coefficient (Wildman–Crippen LogP) is 15.1. The molecule has 10 heteroatoms. The van der Waals surface area contributed by atoms with Gasteiger partial charge in [-0.2, -0.15) is 0 Å². The Morgan fingerprint density at radius 1 is 0.538 bits per heavy atom. The monoisotopic (exact) mass is 935 g/mol. The molecule has 0 aliphatic rings. The van der Waals surface area contributed by atoms with Gasteiger partial charge in [0.1, 0.15) is 19.3 Å². The van der Waals surface area contributed by atoms with Crippen molar-refractivity contribution in [3.8, 4) is 0 Å². The lowest BCUT2D eigenvalue weighted by atomic mass is 10.1. The van der Waals surface area contributed by atoms with E-state index in [1.807, 2.05) is 33.3 Å². The van der Waals surface area contributed by atoms with Crippen LogP contribution in [0.3, 0.4) is 0 Å². The molecule has 3 atom stereocenters. The Hall–Kier alpha value is -2.03. The summed E-state index contributed by atoms with van der Waals surface area (Å²) in [5.74, 6) is -0.637. The van der Waals surface area contributed by atoms with E-state index in [-0.39, 0.29) is 31.3 Å². The van der Waals surface area contributed by atoms with Crippen LogP contribution >= 0.6 is 7.82 Å². The standard InChI is InChI=1S/C55H103N2O7P/c1-7-10-13-16-19-22-25-28-30-33-36-39-42-45-48-55(59)64-53(46-43-40-37-34-31-27-24-21-18-15-12-9-3)52(51-63-65(60,61)62-50-49-57(4,5)6)56-54(58)47-44-41-38-35-32-29-26-23-20-17-14-11-8-2/h29-30,32-33,38,41,43,46,52-53H,7-28,31,34-37,39-40,42,44-45,47-51H2,1-6H3,(H-,56,58,60,61)/b32-29-,33-30-,41-38+,46-43+. The quantitative estimate of drug-likeness (QED) is 0.0212. The Kier molecular flexibility index (Phi) is 44.3. The number of ether oxygens (including phenoxy) is 1. The second-order valence-corrected chi connectivity index (χ2v) is 20.8. The van der Waals surface area contributed by atoms with Crippen molar-refractivity contribution < 1.29 is 37.3 Å². The maximum atomic E-state index is 13.4. The molecule has 1 N–H and O–H groups in total. The number of hydrogen-bond acceptors (Lipinski definition) is 7. The summed E-state index contributed by atoms with van der Waals surface area (Å²) < 4.78 is 30.1. The van der Waals surface area contributed by atoms with Crippen molar-refractivity contribution in [1.29, 1.82) is 0 Å². The molecule has 0 bridgehead atoms. The first kappa shape index (κ1) is 63.0. The lowest BCUT2D eigenvalue weighted by Gasteiger charge is -2.30. The van der Waals surface area contributed by atoms with Gasteiger partial charge in [-0.1, -0.05) is 198 Å². The predicted molar refractivity (Wildman–Crippen MR) is 275 cm³/mol. The molecule has 65 heavy (non-hydrogen) atoms. The Bertz CT molecular complexity index is 1260. The van der Waals surface area contributed by atoms with Crippen molar-refractivity contribution in [2.75, 3.05) is 40.9 Å². The highest BCUT2D eigenvalue weighted by Gasteiger charge is 2.27. The number of hydrogen-bond donors (Lipinski definition) is 1. The van der Waals surface area contributed by atoms with E-state index < -0.39 is 26.6 Å². The molecule has 3 unspecified atom stereocenters.